The van der Waals surface area contributed by atoms with Crippen LogP contribution in [0, 0.1) is 0 Å². The molecular formula is C23H23NO7. The first-order chi connectivity index (χ1) is 14.8. The molecule has 0 aliphatic heterocycles. The van der Waals surface area contributed by atoms with Crippen LogP contribution in [-0.4, -0.2) is 49.9 Å². The maximum Gasteiger partial charge on any atom is 0.332 e. The number of fused-ring (bicyclic) bond motifs is 1. The molecule has 0 unspecified atom stereocenters. The molecule has 162 valence electrons. The highest BCUT2D eigenvalue weighted by molar-refractivity contribution is 6.17. The monoisotopic (exact) mass is 425 g/mol. The van der Waals surface area contributed by atoms with E-state index in [0.29, 0.717) is 45.0 Å². The van der Waals surface area contributed by atoms with E-state index in [1.165, 1.54) is 28.4 Å². The number of carbonyl (C=O) groups is 2. The Bertz CT molecular complexity index is 1150. The number of carboxylic acid groups (broad SMARTS) is 1. The Balaban J connectivity index is 2.17. The van der Waals surface area contributed by atoms with Crippen molar-refractivity contribution in [2.75, 3.05) is 28.4 Å². The van der Waals surface area contributed by atoms with E-state index in [1.54, 1.807) is 41.1 Å². The second-order valence-electron chi connectivity index (χ2n) is 6.71. The lowest BCUT2D eigenvalue weighted by atomic mass is 10.0. The molecule has 1 heterocycles. The molecule has 0 aliphatic rings. The molecule has 0 fully saturated rings. The summed E-state index contributed by atoms with van der Waals surface area (Å²) in [4.78, 5) is 24.7. The van der Waals surface area contributed by atoms with Gasteiger partial charge in [0.05, 0.1) is 40.5 Å². The maximum absolute atomic E-state index is 13.4. The first kappa shape index (κ1) is 21.8. The van der Waals surface area contributed by atoms with Crippen LogP contribution in [0.1, 0.15) is 15.9 Å². The zero-order valence-corrected chi connectivity index (χ0v) is 17.7. The van der Waals surface area contributed by atoms with Crippen LogP contribution in [0.4, 0.5) is 0 Å². The molecule has 0 amide bonds. The number of hydrogen-bond donors (Lipinski definition) is 1. The van der Waals surface area contributed by atoms with Gasteiger partial charge in [0.1, 0.15) is 5.75 Å². The van der Waals surface area contributed by atoms with Crippen molar-refractivity contribution in [1.29, 1.82) is 0 Å². The number of aromatic nitrogens is 1. The third-order valence-corrected chi connectivity index (χ3v) is 4.92. The smallest absolute Gasteiger partial charge is 0.332 e. The Hall–Kier alpha value is -3.94. The molecule has 0 bridgehead atoms. The minimum absolute atomic E-state index is 0.00787. The van der Waals surface area contributed by atoms with Crippen molar-refractivity contribution in [2.24, 2.45) is 0 Å². The molecule has 0 aliphatic carbocycles. The van der Waals surface area contributed by atoms with Crippen molar-refractivity contribution < 1.29 is 33.6 Å². The number of benzene rings is 2. The first-order valence-electron chi connectivity index (χ1n) is 9.27. The van der Waals surface area contributed by atoms with Gasteiger partial charge in [-0.3, -0.25) is 4.79 Å². The second kappa shape index (κ2) is 8.83. The van der Waals surface area contributed by atoms with Crippen LogP contribution in [0.15, 0.2) is 48.7 Å². The number of carbonyl (C=O) groups excluding carboxylic acids is 1. The summed E-state index contributed by atoms with van der Waals surface area (Å²) in [5.41, 5.74) is 1.37. The molecule has 1 aromatic heterocycles. The van der Waals surface area contributed by atoms with E-state index >= 15 is 0 Å². The summed E-state index contributed by atoms with van der Waals surface area (Å²) >= 11 is 0. The van der Waals surface area contributed by atoms with Crippen molar-refractivity contribution in [2.45, 2.75) is 6.54 Å². The third kappa shape index (κ3) is 4.05. The van der Waals surface area contributed by atoms with Gasteiger partial charge in [0.2, 0.25) is 5.75 Å². The molecule has 0 saturated carbocycles. The predicted octanol–water partition coefficient (Wildman–Crippen LogP) is 3.55. The van der Waals surface area contributed by atoms with Gasteiger partial charge in [-0.25, -0.2) is 4.79 Å². The lowest BCUT2D eigenvalue weighted by Gasteiger charge is -2.13. The summed E-state index contributed by atoms with van der Waals surface area (Å²) in [7, 11) is 5.97. The predicted molar refractivity (Wildman–Crippen MR) is 115 cm³/mol. The zero-order chi connectivity index (χ0) is 22.7. The summed E-state index contributed by atoms with van der Waals surface area (Å²) in [5, 5.41) is 9.88. The Labute approximate surface area is 179 Å². The van der Waals surface area contributed by atoms with E-state index < -0.39 is 5.97 Å². The summed E-state index contributed by atoms with van der Waals surface area (Å²) < 4.78 is 23.0. The number of hydrogen-bond acceptors (Lipinski definition) is 6. The summed E-state index contributed by atoms with van der Waals surface area (Å²) in [5.74, 6) is 0.284. The van der Waals surface area contributed by atoms with Crippen LogP contribution in [0.3, 0.4) is 0 Å². The molecule has 0 spiro atoms. The van der Waals surface area contributed by atoms with E-state index in [-0.39, 0.29) is 17.9 Å². The van der Waals surface area contributed by atoms with Gasteiger partial charge in [-0.2, -0.15) is 0 Å². The fourth-order valence-electron chi connectivity index (χ4n) is 3.35. The Morgan fingerprint density at radius 1 is 0.968 bits per heavy atom. The molecular weight excluding hydrogens is 402 g/mol. The number of nitrogens with zero attached hydrogens (tertiary/aromatic N) is 1. The summed E-state index contributed by atoms with van der Waals surface area (Å²) in [6.07, 6.45) is 1.61. The van der Waals surface area contributed by atoms with Crippen molar-refractivity contribution in [3.05, 3.63) is 59.8 Å². The number of ether oxygens (including phenoxy) is 4. The van der Waals surface area contributed by atoms with E-state index in [2.05, 4.69) is 6.58 Å². The van der Waals surface area contributed by atoms with Crippen molar-refractivity contribution in [3.63, 3.8) is 0 Å². The van der Waals surface area contributed by atoms with Crippen molar-refractivity contribution >= 4 is 22.7 Å². The molecule has 0 atom stereocenters. The average molecular weight is 425 g/mol. The fraction of sp³-hybridized carbons (Fsp3) is 0.217. The lowest BCUT2D eigenvalue weighted by molar-refractivity contribution is -0.132. The topological polar surface area (TPSA) is 96.2 Å². The van der Waals surface area contributed by atoms with Crippen LogP contribution < -0.4 is 18.9 Å². The molecule has 8 nitrogen and oxygen atoms in total. The molecule has 2 aromatic carbocycles. The Morgan fingerprint density at radius 3 is 2.13 bits per heavy atom. The Morgan fingerprint density at radius 2 is 1.61 bits per heavy atom. The minimum Gasteiger partial charge on any atom is -0.497 e. The van der Waals surface area contributed by atoms with E-state index in [0.717, 1.165) is 0 Å². The quantitative estimate of drug-likeness (QED) is 0.414. The number of carboxylic acids is 1. The van der Waals surface area contributed by atoms with Crippen LogP contribution in [0.2, 0.25) is 0 Å². The van der Waals surface area contributed by atoms with Gasteiger partial charge in [-0.05, 0) is 24.3 Å². The highest BCUT2D eigenvalue weighted by Gasteiger charge is 2.22. The maximum atomic E-state index is 13.4. The summed E-state index contributed by atoms with van der Waals surface area (Å²) in [6.45, 7) is 3.61. The number of aliphatic carboxylic acids is 1. The first-order valence-corrected chi connectivity index (χ1v) is 9.27. The molecule has 1 N–H and O–H groups in total. The number of ketones is 1. The highest BCUT2D eigenvalue weighted by atomic mass is 16.5. The molecule has 8 heteroatoms. The van der Waals surface area contributed by atoms with E-state index in [9.17, 15) is 14.7 Å². The standard InChI is InChI=1S/C23H23NO7/c1-13(23(26)27)11-24-12-17(16-7-6-15(28-2)10-18(16)24)21(25)14-8-19(29-3)22(31-5)20(9-14)30-4/h6-10,12H,1,11H2,2-5H3,(H,26,27). The largest absolute Gasteiger partial charge is 0.497 e. The van der Waals surface area contributed by atoms with Crippen LogP contribution in [0.5, 0.6) is 23.0 Å². The van der Waals surface area contributed by atoms with Crippen LogP contribution in [0.25, 0.3) is 10.9 Å². The minimum atomic E-state index is -1.11. The number of rotatable bonds is 9. The molecule has 3 rings (SSSR count). The highest BCUT2D eigenvalue weighted by Crippen LogP contribution is 2.39. The third-order valence-electron chi connectivity index (χ3n) is 4.92. The van der Waals surface area contributed by atoms with Gasteiger partial charge < -0.3 is 28.6 Å². The fourth-order valence-corrected chi connectivity index (χ4v) is 3.35. The van der Waals surface area contributed by atoms with Crippen molar-refractivity contribution in [1.82, 2.24) is 4.57 Å². The van der Waals surface area contributed by atoms with E-state index in [1.807, 2.05) is 0 Å². The SMILES string of the molecule is C=C(Cn1cc(C(=O)c2cc(OC)c(OC)c(OC)c2)c2ccc(OC)cc21)C(=O)O. The lowest BCUT2D eigenvalue weighted by Crippen LogP contribution is -2.07. The van der Waals surface area contributed by atoms with Gasteiger partial charge in [0.25, 0.3) is 0 Å². The zero-order valence-electron chi connectivity index (χ0n) is 17.7. The van der Waals surface area contributed by atoms with Gasteiger partial charge in [0, 0.05) is 34.3 Å². The van der Waals surface area contributed by atoms with E-state index in [4.69, 9.17) is 18.9 Å². The van der Waals surface area contributed by atoms with Gasteiger partial charge >= 0.3 is 5.97 Å². The molecule has 0 radical (unpaired) electrons. The van der Waals surface area contributed by atoms with Crippen LogP contribution in [-0.2, 0) is 11.3 Å². The van der Waals surface area contributed by atoms with Crippen molar-refractivity contribution in [3.8, 4) is 23.0 Å². The molecule has 3 aromatic rings. The second-order valence-corrected chi connectivity index (χ2v) is 6.71. The van der Waals surface area contributed by atoms with Crippen LogP contribution >= 0.6 is 0 Å². The number of methoxy groups -OCH3 is 4. The average Bonchev–Trinajstić information content (AvgIpc) is 3.14. The molecule has 31 heavy (non-hydrogen) atoms. The van der Waals surface area contributed by atoms with Gasteiger partial charge in [-0.1, -0.05) is 6.58 Å². The van der Waals surface area contributed by atoms with Gasteiger partial charge in [-0.15, -0.1) is 0 Å². The summed E-state index contributed by atoms with van der Waals surface area (Å²) in [6, 6.07) is 8.40. The molecule has 0 saturated heterocycles. The normalized spacial score (nSPS) is 10.6. The van der Waals surface area contributed by atoms with Gasteiger partial charge in [0.15, 0.2) is 17.3 Å². The Kier molecular flexibility index (Phi) is 6.20.